The summed E-state index contributed by atoms with van der Waals surface area (Å²) >= 11 is 0. The van der Waals surface area contributed by atoms with Crippen molar-refractivity contribution in [3.63, 3.8) is 0 Å². The molecule has 0 aliphatic rings. The molecule has 0 unspecified atom stereocenters. The Morgan fingerprint density at radius 3 is 2.42 bits per heavy atom. The highest BCUT2D eigenvalue weighted by Crippen LogP contribution is 2.22. The van der Waals surface area contributed by atoms with E-state index in [1.165, 1.54) is 0 Å². The van der Waals surface area contributed by atoms with E-state index in [2.05, 4.69) is 10.3 Å². The minimum absolute atomic E-state index is 0.0806. The van der Waals surface area contributed by atoms with Crippen molar-refractivity contribution in [2.24, 2.45) is 0 Å². The Balaban J connectivity index is 1.42. The fourth-order valence-electron chi connectivity index (χ4n) is 4.29. The number of carbonyl (C=O) groups is 1. The molecule has 4 aromatic carbocycles. The molecular formula is C28H23N3O2. The molecular weight excluding hydrogens is 410 g/mol. The molecule has 1 heterocycles. The van der Waals surface area contributed by atoms with Gasteiger partial charge in [0.15, 0.2) is 0 Å². The summed E-state index contributed by atoms with van der Waals surface area (Å²) < 4.78 is 1.61. The highest BCUT2D eigenvalue weighted by molar-refractivity contribution is 5.96. The minimum Gasteiger partial charge on any atom is -0.326 e. The van der Waals surface area contributed by atoms with E-state index < -0.39 is 0 Å². The Bertz CT molecular complexity index is 1580. The van der Waals surface area contributed by atoms with Crippen molar-refractivity contribution in [1.82, 2.24) is 9.55 Å². The van der Waals surface area contributed by atoms with Crippen molar-refractivity contribution < 1.29 is 4.79 Å². The van der Waals surface area contributed by atoms with Gasteiger partial charge in [0.1, 0.15) is 5.82 Å². The summed E-state index contributed by atoms with van der Waals surface area (Å²) in [4.78, 5) is 30.5. The van der Waals surface area contributed by atoms with Crippen LogP contribution in [0.5, 0.6) is 0 Å². The van der Waals surface area contributed by atoms with Gasteiger partial charge >= 0.3 is 0 Å². The molecule has 0 atom stereocenters. The van der Waals surface area contributed by atoms with Crippen LogP contribution in [0.1, 0.15) is 17.0 Å². The van der Waals surface area contributed by atoms with Gasteiger partial charge in [0.05, 0.1) is 23.0 Å². The predicted octanol–water partition coefficient (Wildman–Crippen LogP) is 5.34. The number of hydrogen-bond acceptors (Lipinski definition) is 3. The van der Waals surface area contributed by atoms with E-state index in [9.17, 15) is 9.59 Å². The topological polar surface area (TPSA) is 64.0 Å². The van der Waals surface area contributed by atoms with Gasteiger partial charge in [-0.25, -0.2) is 4.98 Å². The van der Waals surface area contributed by atoms with Crippen LogP contribution in [-0.2, 0) is 11.2 Å². The first-order valence-electron chi connectivity index (χ1n) is 10.9. The van der Waals surface area contributed by atoms with Gasteiger partial charge in [0.2, 0.25) is 5.91 Å². The van der Waals surface area contributed by atoms with Crippen molar-refractivity contribution >= 4 is 33.3 Å². The lowest BCUT2D eigenvalue weighted by atomic mass is 10.0. The van der Waals surface area contributed by atoms with Crippen molar-refractivity contribution in [3.05, 3.63) is 112 Å². The quantitative estimate of drug-likeness (QED) is 0.416. The number of para-hydroxylation sites is 1. The largest absolute Gasteiger partial charge is 0.326 e. The van der Waals surface area contributed by atoms with Gasteiger partial charge in [-0.05, 0) is 66.1 Å². The molecule has 1 aromatic heterocycles. The van der Waals surface area contributed by atoms with Crippen molar-refractivity contribution in [2.75, 3.05) is 5.32 Å². The van der Waals surface area contributed by atoms with Gasteiger partial charge in [0, 0.05) is 5.69 Å². The SMILES string of the molecule is Cc1cc(-n2c(C)nc3ccccc3c2=O)ccc1NC(=O)Cc1cccc2ccccc12. The molecule has 0 aliphatic carbocycles. The third kappa shape index (κ3) is 3.89. The highest BCUT2D eigenvalue weighted by Gasteiger charge is 2.13. The molecule has 0 saturated carbocycles. The Kier molecular flexibility index (Phi) is 5.23. The Labute approximate surface area is 191 Å². The fourth-order valence-corrected chi connectivity index (χ4v) is 4.29. The number of aryl methyl sites for hydroxylation is 2. The number of aromatic nitrogens is 2. The van der Waals surface area contributed by atoms with Crippen molar-refractivity contribution in [2.45, 2.75) is 20.3 Å². The number of hydrogen-bond donors (Lipinski definition) is 1. The normalized spacial score (nSPS) is 11.1. The Morgan fingerprint density at radius 2 is 1.61 bits per heavy atom. The second kappa shape index (κ2) is 8.36. The van der Waals surface area contributed by atoms with Gasteiger partial charge in [-0.15, -0.1) is 0 Å². The summed E-state index contributed by atoms with van der Waals surface area (Å²) in [5, 5.41) is 5.80. The molecule has 5 heteroatoms. The molecule has 0 bridgehead atoms. The zero-order valence-electron chi connectivity index (χ0n) is 18.5. The first-order chi connectivity index (χ1) is 16.0. The molecule has 0 fully saturated rings. The second-order valence-corrected chi connectivity index (χ2v) is 8.18. The molecule has 0 spiro atoms. The van der Waals surface area contributed by atoms with E-state index in [0.717, 1.165) is 33.3 Å². The summed E-state index contributed by atoms with van der Waals surface area (Å²) in [6.07, 6.45) is 0.287. The summed E-state index contributed by atoms with van der Waals surface area (Å²) in [5.41, 5.74) is 3.89. The second-order valence-electron chi connectivity index (χ2n) is 8.18. The number of anilines is 1. The van der Waals surface area contributed by atoms with Crippen molar-refractivity contribution in [3.8, 4) is 5.69 Å². The number of amides is 1. The Hall–Kier alpha value is -4.25. The lowest BCUT2D eigenvalue weighted by Crippen LogP contribution is -2.22. The maximum Gasteiger partial charge on any atom is 0.265 e. The van der Waals surface area contributed by atoms with E-state index in [4.69, 9.17) is 0 Å². The number of fused-ring (bicyclic) bond motifs is 2. The zero-order chi connectivity index (χ0) is 22.9. The number of nitrogens with zero attached hydrogens (tertiary/aromatic N) is 2. The first kappa shape index (κ1) is 20.6. The predicted molar refractivity (Wildman–Crippen MR) is 133 cm³/mol. The van der Waals surface area contributed by atoms with Gasteiger partial charge in [-0.3, -0.25) is 14.2 Å². The van der Waals surface area contributed by atoms with Crippen molar-refractivity contribution in [1.29, 1.82) is 0 Å². The smallest absolute Gasteiger partial charge is 0.265 e. The maximum atomic E-state index is 13.1. The molecule has 162 valence electrons. The van der Waals surface area contributed by atoms with Gasteiger partial charge in [0.25, 0.3) is 5.56 Å². The summed E-state index contributed by atoms with van der Waals surface area (Å²) in [5.74, 6) is 0.536. The third-order valence-electron chi connectivity index (χ3n) is 5.92. The van der Waals surface area contributed by atoms with Crippen LogP contribution in [0.15, 0.2) is 89.7 Å². The van der Waals surface area contributed by atoms with E-state index in [0.29, 0.717) is 16.7 Å². The first-order valence-corrected chi connectivity index (χ1v) is 10.9. The van der Waals surface area contributed by atoms with E-state index in [-0.39, 0.29) is 17.9 Å². The third-order valence-corrected chi connectivity index (χ3v) is 5.92. The van der Waals surface area contributed by atoms with Gasteiger partial charge < -0.3 is 5.32 Å². The molecule has 5 nitrogen and oxygen atoms in total. The number of rotatable bonds is 4. The summed E-state index contributed by atoms with van der Waals surface area (Å²) in [6, 6.07) is 27.0. The lowest BCUT2D eigenvalue weighted by molar-refractivity contribution is -0.115. The number of benzene rings is 4. The molecule has 1 amide bonds. The van der Waals surface area contributed by atoms with Crippen LogP contribution in [0.25, 0.3) is 27.4 Å². The Morgan fingerprint density at radius 1 is 0.879 bits per heavy atom. The minimum atomic E-state index is -0.106. The van der Waals surface area contributed by atoms with Crippen LogP contribution in [0.4, 0.5) is 5.69 Å². The molecule has 0 saturated heterocycles. The van der Waals surface area contributed by atoms with E-state index >= 15 is 0 Å². The van der Waals surface area contributed by atoms with E-state index in [1.54, 1.807) is 10.6 Å². The van der Waals surface area contributed by atoms with Gasteiger partial charge in [-0.2, -0.15) is 0 Å². The average Bonchev–Trinajstić information content (AvgIpc) is 2.81. The molecule has 5 aromatic rings. The summed E-state index contributed by atoms with van der Waals surface area (Å²) in [6.45, 7) is 3.74. The molecule has 33 heavy (non-hydrogen) atoms. The van der Waals surface area contributed by atoms with Crippen LogP contribution in [0, 0.1) is 13.8 Å². The molecule has 0 aliphatic heterocycles. The average molecular weight is 434 g/mol. The zero-order valence-corrected chi connectivity index (χ0v) is 18.5. The van der Waals surface area contributed by atoms with Gasteiger partial charge in [-0.1, -0.05) is 54.6 Å². The van der Waals surface area contributed by atoms with Crippen LogP contribution in [-0.4, -0.2) is 15.5 Å². The number of nitrogens with one attached hydrogen (secondary N) is 1. The highest BCUT2D eigenvalue weighted by atomic mass is 16.1. The fraction of sp³-hybridized carbons (Fsp3) is 0.107. The van der Waals surface area contributed by atoms with Crippen LogP contribution in [0.2, 0.25) is 0 Å². The van der Waals surface area contributed by atoms with E-state index in [1.807, 2.05) is 92.7 Å². The number of carbonyl (C=O) groups excluding carboxylic acids is 1. The van der Waals surface area contributed by atoms with Crippen LogP contribution in [0.3, 0.4) is 0 Å². The van der Waals surface area contributed by atoms with Crippen LogP contribution < -0.4 is 10.9 Å². The molecule has 1 N–H and O–H groups in total. The monoisotopic (exact) mass is 433 g/mol. The van der Waals surface area contributed by atoms with Crippen LogP contribution >= 0.6 is 0 Å². The lowest BCUT2D eigenvalue weighted by Gasteiger charge is -2.14. The molecule has 0 radical (unpaired) electrons. The maximum absolute atomic E-state index is 13.1. The summed E-state index contributed by atoms with van der Waals surface area (Å²) in [7, 11) is 0. The molecule has 5 rings (SSSR count). The standard InChI is InChI=1S/C28H23N3O2/c1-18-16-22(31-19(2)29-26-13-6-5-12-24(26)28(31)33)14-15-25(18)30-27(32)17-21-10-7-9-20-8-3-4-11-23(20)21/h3-16H,17H2,1-2H3,(H,30,32).